The number of rotatable bonds is 11. The SMILES string of the molecule is C=C/C=C/c1ccc(-c2cc(N(C)CCCC)c(CC(CC)CC)cn2)c(O)c1. The first-order valence-corrected chi connectivity index (χ1v) is 10.9. The van der Waals surface area contributed by atoms with Crippen LogP contribution in [0, 0.1) is 5.92 Å². The van der Waals surface area contributed by atoms with Gasteiger partial charge in [-0.05, 0) is 48.1 Å². The molecule has 3 heteroatoms. The van der Waals surface area contributed by atoms with E-state index in [1.165, 1.54) is 30.5 Å². The first-order valence-electron chi connectivity index (χ1n) is 10.9. The number of benzene rings is 1. The third-order valence-corrected chi connectivity index (χ3v) is 5.61. The molecule has 0 atom stereocenters. The first-order chi connectivity index (χ1) is 14.0. The van der Waals surface area contributed by atoms with E-state index in [4.69, 9.17) is 4.98 Å². The Morgan fingerprint density at radius 1 is 1.17 bits per heavy atom. The number of hydrogen-bond donors (Lipinski definition) is 1. The van der Waals surface area contributed by atoms with Gasteiger partial charge in [-0.25, -0.2) is 0 Å². The fraction of sp³-hybridized carbons (Fsp3) is 0.423. The van der Waals surface area contributed by atoms with Crippen LogP contribution in [-0.4, -0.2) is 23.7 Å². The zero-order valence-corrected chi connectivity index (χ0v) is 18.5. The van der Waals surface area contributed by atoms with E-state index in [9.17, 15) is 5.11 Å². The van der Waals surface area contributed by atoms with Crippen molar-refractivity contribution < 1.29 is 5.11 Å². The Balaban J connectivity index is 2.43. The van der Waals surface area contributed by atoms with Crippen molar-refractivity contribution in [1.82, 2.24) is 4.98 Å². The van der Waals surface area contributed by atoms with Gasteiger partial charge in [-0.2, -0.15) is 0 Å². The number of aromatic nitrogens is 1. The summed E-state index contributed by atoms with van der Waals surface area (Å²) in [7, 11) is 2.16. The number of nitrogens with zero attached hydrogens (tertiary/aromatic N) is 2. The highest BCUT2D eigenvalue weighted by Crippen LogP contribution is 2.33. The molecule has 1 heterocycles. The van der Waals surface area contributed by atoms with Gasteiger partial charge < -0.3 is 10.0 Å². The molecule has 0 unspecified atom stereocenters. The van der Waals surface area contributed by atoms with Crippen molar-refractivity contribution in [2.45, 2.75) is 52.9 Å². The Morgan fingerprint density at radius 3 is 2.55 bits per heavy atom. The minimum absolute atomic E-state index is 0.249. The van der Waals surface area contributed by atoms with Gasteiger partial charge in [0.2, 0.25) is 0 Å². The fourth-order valence-electron chi connectivity index (χ4n) is 3.59. The number of allylic oxidation sites excluding steroid dienone is 2. The molecule has 0 aliphatic carbocycles. The van der Waals surface area contributed by atoms with Crippen LogP contribution in [0.2, 0.25) is 0 Å². The van der Waals surface area contributed by atoms with E-state index in [1.54, 1.807) is 12.1 Å². The number of unbranched alkanes of at least 4 members (excludes halogenated alkanes) is 1. The minimum atomic E-state index is 0.249. The predicted molar refractivity (Wildman–Crippen MR) is 127 cm³/mol. The molecule has 0 spiro atoms. The molecule has 2 rings (SSSR count). The molecule has 0 saturated carbocycles. The molecule has 0 saturated heterocycles. The molecule has 0 bridgehead atoms. The molecule has 1 aromatic heterocycles. The number of hydrogen-bond acceptors (Lipinski definition) is 3. The van der Waals surface area contributed by atoms with Crippen LogP contribution in [0.15, 0.2) is 49.2 Å². The zero-order chi connectivity index (χ0) is 21.2. The Kier molecular flexibility index (Phi) is 8.98. The van der Waals surface area contributed by atoms with E-state index in [0.29, 0.717) is 5.92 Å². The molecule has 0 radical (unpaired) electrons. The smallest absolute Gasteiger partial charge is 0.125 e. The summed E-state index contributed by atoms with van der Waals surface area (Å²) < 4.78 is 0. The predicted octanol–water partition coefficient (Wildman–Crippen LogP) is 6.87. The third kappa shape index (κ3) is 6.22. The van der Waals surface area contributed by atoms with E-state index >= 15 is 0 Å². The molecule has 29 heavy (non-hydrogen) atoms. The van der Waals surface area contributed by atoms with Gasteiger partial charge in [0.25, 0.3) is 0 Å². The number of pyridine rings is 1. The van der Waals surface area contributed by atoms with Crippen LogP contribution < -0.4 is 4.90 Å². The summed E-state index contributed by atoms with van der Waals surface area (Å²) in [4.78, 5) is 7.06. The van der Waals surface area contributed by atoms with Crippen molar-refractivity contribution in [3.8, 4) is 17.0 Å². The second-order valence-corrected chi connectivity index (χ2v) is 7.73. The third-order valence-electron chi connectivity index (χ3n) is 5.61. The highest BCUT2D eigenvalue weighted by Gasteiger charge is 2.15. The minimum Gasteiger partial charge on any atom is -0.507 e. The maximum atomic E-state index is 10.6. The highest BCUT2D eigenvalue weighted by molar-refractivity contribution is 5.73. The van der Waals surface area contributed by atoms with Gasteiger partial charge in [0.1, 0.15) is 5.75 Å². The van der Waals surface area contributed by atoms with Crippen LogP contribution in [0.25, 0.3) is 17.3 Å². The van der Waals surface area contributed by atoms with Crippen LogP contribution in [0.1, 0.15) is 57.6 Å². The summed E-state index contributed by atoms with van der Waals surface area (Å²) in [6.07, 6.45) is 13.3. The Morgan fingerprint density at radius 2 is 1.93 bits per heavy atom. The van der Waals surface area contributed by atoms with Gasteiger partial charge in [0, 0.05) is 31.0 Å². The molecule has 0 aliphatic heterocycles. The molecule has 0 aliphatic rings. The molecule has 1 aromatic carbocycles. The van der Waals surface area contributed by atoms with E-state index < -0.39 is 0 Å². The monoisotopic (exact) mass is 392 g/mol. The van der Waals surface area contributed by atoms with Gasteiger partial charge >= 0.3 is 0 Å². The van der Waals surface area contributed by atoms with Crippen molar-refractivity contribution in [3.05, 3.63) is 60.3 Å². The van der Waals surface area contributed by atoms with Crippen molar-refractivity contribution in [2.24, 2.45) is 5.92 Å². The Hall–Kier alpha value is -2.55. The van der Waals surface area contributed by atoms with Gasteiger partial charge in [-0.1, -0.05) is 70.9 Å². The highest BCUT2D eigenvalue weighted by atomic mass is 16.3. The van der Waals surface area contributed by atoms with Gasteiger partial charge in [-0.15, -0.1) is 0 Å². The maximum absolute atomic E-state index is 10.6. The molecular formula is C26H36N2O. The van der Waals surface area contributed by atoms with Crippen molar-refractivity contribution in [1.29, 1.82) is 0 Å². The molecule has 0 fully saturated rings. The first kappa shape index (κ1) is 22.7. The second-order valence-electron chi connectivity index (χ2n) is 7.73. The average Bonchev–Trinajstić information content (AvgIpc) is 2.74. The van der Waals surface area contributed by atoms with Crippen LogP contribution in [0.5, 0.6) is 5.75 Å². The standard InChI is InChI=1S/C26H36N2O/c1-6-10-12-21-13-14-23(26(29)17-21)24-18-25(28(5)15-11-7-2)22(19-27-24)16-20(8-3)9-4/h6,10,12-14,17-20,29H,1,7-9,11,15-16H2,2-5H3/b12-10+. The lowest BCUT2D eigenvalue weighted by molar-refractivity contribution is 0.477. The zero-order valence-electron chi connectivity index (χ0n) is 18.5. The topological polar surface area (TPSA) is 36.4 Å². The lowest BCUT2D eigenvalue weighted by atomic mass is 9.93. The Bertz CT molecular complexity index is 821. The van der Waals surface area contributed by atoms with Crippen LogP contribution in [0.3, 0.4) is 0 Å². The number of anilines is 1. The number of phenolic OH excluding ortho intramolecular Hbond substituents is 1. The van der Waals surface area contributed by atoms with Crippen molar-refractivity contribution in [3.63, 3.8) is 0 Å². The molecule has 0 amide bonds. The largest absolute Gasteiger partial charge is 0.507 e. The second kappa shape index (κ2) is 11.5. The number of phenols is 1. The quantitative estimate of drug-likeness (QED) is 0.424. The van der Waals surface area contributed by atoms with E-state index in [-0.39, 0.29) is 5.75 Å². The molecule has 3 nitrogen and oxygen atoms in total. The summed E-state index contributed by atoms with van der Waals surface area (Å²) >= 11 is 0. The van der Waals surface area contributed by atoms with Gasteiger partial charge in [0.05, 0.1) is 5.69 Å². The number of aromatic hydroxyl groups is 1. The maximum Gasteiger partial charge on any atom is 0.125 e. The lowest BCUT2D eigenvalue weighted by Crippen LogP contribution is -2.21. The summed E-state index contributed by atoms with van der Waals surface area (Å²) in [5.74, 6) is 0.920. The normalized spacial score (nSPS) is 11.3. The molecule has 1 N–H and O–H groups in total. The molecular weight excluding hydrogens is 356 g/mol. The van der Waals surface area contributed by atoms with Gasteiger partial charge in [0.15, 0.2) is 0 Å². The molecule has 156 valence electrons. The summed E-state index contributed by atoms with van der Waals surface area (Å²) in [6, 6.07) is 7.85. The van der Waals surface area contributed by atoms with Crippen LogP contribution in [-0.2, 0) is 6.42 Å². The Labute approximate surface area is 176 Å². The van der Waals surface area contributed by atoms with Crippen LogP contribution in [0.4, 0.5) is 5.69 Å². The fourth-order valence-corrected chi connectivity index (χ4v) is 3.59. The van der Waals surface area contributed by atoms with E-state index in [0.717, 1.165) is 36.2 Å². The van der Waals surface area contributed by atoms with E-state index in [2.05, 4.69) is 45.4 Å². The van der Waals surface area contributed by atoms with Gasteiger partial charge in [-0.3, -0.25) is 4.98 Å². The van der Waals surface area contributed by atoms with E-state index in [1.807, 2.05) is 30.5 Å². The molecule has 2 aromatic rings. The van der Waals surface area contributed by atoms with Crippen molar-refractivity contribution >= 4 is 11.8 Å². The van der Waals surface area contributed by atoms with Crippen LogP contribution >= 0.6 is 0 Å². The van der Waals surface area contributed by atoms with Crippen molar-refractivity contribution in [2.75, 3.05) is 18.5 Å². The summed E-state index contributed by atoms with van der Waals surface area (Å²) in [6.45, 7) is 11.4. The summed E-state index contributed by atoms with van der Waals surface area (Å²) in [5, 5.41) is 10.6. The summed E-state index contributed by atoms with van der Waals surface area (Å²) in [5.41, 5.74) is 5.04. The average molecular weight is 393 g/mol. The lowest BCUT2D eigenvalue weighted by Gasteiger charge is -2.25.